The highest BCUT2D eigenvalue weighted by molar-refractivity contribution is 6.34. The highest BCUT2D eigenvalue weighted by atomic mass is 35.5. The number of pyridine rings is 1. The predicted octanol–water partition coefficient (Wildman–Crippen LogP) is 1.95. The van der Waals surface area contributed by atoms with E-state index in [0.29, 0.717) is 16.7 Å². The van der Waals surface area contributed by atoms with Crippen LogP contribution in [0, 0.1) is 0 Å². The van der Waals surface area contributed by atoms with Gasteiger partial charge in [0, 0.05) is 36.4 Å². The highest BCUT2D eigenvalue weighted by Crippen LogP contribution is 2.21. The second-order valence-corrected chi connectivity index (χ2v) is 4.57. The van der Waals surface area contributed by atoms with Gasteiger partial charge in [-0.3, -0.25) is 4.90 Å². The maximum Gasteiger partial charge on any atom is 0.130 e. The molecule has 82 valence electrons. The van der Waals surface area contributed by atoms with Crippen LogP contribution in [0.5, 0.6) is 0 Å². The number of halogens is 2. The molecule has 1 N–H and O–H groups in total. The molecular formula is C10H12Cl2N2O. The summed E-state index contributed by atoms with van der Waals surface area (Å²) in [4.78, 5) is 6.15. The fourth-order valence-electron chi connectivity index (χ4n) is 1.75. The van der Waals surface area contributed by atoms with Crippen LogP contribution in [-0.2, 0) is 6.54 Å². The molecule has 1 aliphatic rings. The molecule has 1 atom stereocenters. The smallest absolute Gasteiger partial charge is 0.130 e. The van der Waals surface area contributed by atoms with Crippen molar-refractivity contribution in [3.63, 3.8) is 0 Å². The predicted molar refractivity (Wildman–Crippen MR) is 60.2 cm³/mol. The first kappa shape index (κ1) is 11.1. The molecule has 0 amide bonds. The van der Waals surface area contributed by atoms with Gasteiger partial charge in [0.15, 0.2) is 0 Å². The SMILES string of the molecule is O[C@@H]1CCN(Cc2cnc(Cl)cc2Cl)C1. The van der Waals surface area contributed by atoms with E-state index in [-0.39, 0.29) is 6.10 Å². The van der Waals surface area contributed by atoms with E-state index in [1.54, 1.807) is 12.3 Å². The minimum atomic E-state index is -0.205. The lowest BCUT2D eigenvalue weighted by Crippen LogP contribution is -2.21. The van der Waals surface area contributed by atoms with Gasteiger partial charge in [-0.1, -0.05) is 23.2 Å². The highest BCUT2D eigenvalue weighted by Gasteiger charge is 2.20. The average molecular weight is 247 g/mol. The zero-order chi connectivity index (χ0) is 10.8. The van der Waals surface area contributed by atoms with Crippen molar-refractivity contribution in [2.45, 2.75) is 19.1 Å². The Morgan fingerprint density at radius 1 is 1.53 bits per heavy atom. The molecule has 0 aromatic carbocycles. The van der Waals surface area contributed by atoms with Gasteiger partial charge in [-0.15, -0.1) is 0 Å². The minimum absolute atomic E-state index is 0.205. The summed E-state index contributed by atoms with van der Waals surface area (Å²) < 4.78 is 0. The summed E-state index contributed by atoms with van der Waals surface area (Å²) in [5, 5.41) is 10.4. The van der Waals surface area contributed by atoms with Crippen molar-refractivity contribution in [3.8, 4) is 0 Å². The summed E-state index contributed by atoms with van der Waals surface area (Å²) in [7, 11) is 0. The van der Waals surface area contributed by atoms with Gasteiger partial charge in [-0.05, 0) is 12.5 Å². The Balaban J connectivity index is 2.04. The summed E-state index contributed by atoms with van der Waals surface area (Å²) in [6.07, 6.45) is 2.32. The van der Waals surface area contributed by atoms with Gasteiger partial charge in [0.2, 0.25) is 0 Å². The second kappa shape index (κ2) is 4.66. The van der Waals surface area contributed by atoms with Crippen LogP contribution in [0.4, 0.5) is 0 Å². The number of aromatic nitrogens is 1. The lowest BCUT2D eigenvalue weighted by Gasteiger charge is -2.15. The van der Waals surface area contributed by atoms with Gasteiger partial charge in [-0.2, -0.15) is 0 Å². The average Bonchev–Trinajstić information content (AvgIpc) is 2.56. The van der Waals surface area contributed by atoms with Crippen LogP contribution < -0.4 is 0 Å². The number of likely N-dealkylation sites (tertiary alicyclic amines) is 1. The van der Waals surface area contributed by atoms with Crippen LogP contribution in [0.25, 0.3) is 0 Å². The molecular weight excluding hydrogens is 235 g/mol. The van der Waals surface area contributed by atoms with Crippen LogP contribution in [0.3, 0.4) is 0 Å². The van der Waals surface area contributed by atoms with Gasteiger partial charge in [0.25, 0.3) is 0 Å². The first-order chi connectivity index (χ1) is 7.15. The van der Waals surface area contributed by atoms with Crippen LogP contribution >= 0.6 is 23.2 Å². The number of β-amino-alcohol motifs (C(OH)–C–C–N with tert-alkyl or cyclic N) is 1. The second-order valence-electron chi connectivity index (χ2n) is 3.78. The molecule has 1 aromatic heterocycles. The van der Waals surface area contributed by atoms with E-state index in [1.165, 1.54) is 0 Å². The summed E-state index contributed by atoms with van der Waals surface area (Å²) in [5.41, 5.74) is 0.954. The van der Waals surface area contributed by atoms with E-state index >= 15 is 0 Å². The molecule has 15 heavy (non-hydrogen) atoms. The molecule has 0 aliphatic carbocycles. The Morgan fingerprint density at radius 3 is 2.93 bits per heavy atom. The quantitative estimate of drug-likeness (QED) is 0.811. The number of nitrogens with zero attached hydrogens (tertiary/aromatic N) is 2. The van der Waals surface area contributed by atoms with Crippen LogP contribution in [0.1, 0.15) is 12.0 Å². The molecule has 0 radical (unpaired) electrons. The van der Waals surface area contributed by atoms with Gasteiger partial charge >= 0.3 is 0 Å². The van der Waals surface area contributed by atoms with Crippen molar-refractivity contribution >= 4 is 23.2 Å². The first-order valence-electron chi connectivity index (χ1n) is 4.85. The molecule has 3 nitrogen and oxygen atoms in total. The van der Waals surface area contributed by atoms with Crippen molar-refractivity contribution in [2.24, 2.45) is 0 Å². The van der Waals surface area contributed by atoms with Crippen LogP contribution in [0.2, 0.25) is 10.2 Å². The van der Waals surface area contributed by atoms with Crippen molar-refractivity contribution in [1.29, 1.82) is 0 Å². The van der Waals surface area contributed by atoms with E-state index in [2.05, 4.69) is 9.88 Å². The lowest BCUT2D eigenvalue weighted by molar-refractivity contribution is 0.175. The molecule has 1 fully saturated rings. The van der Waals surface area contributed by atoms with Crippen molar-refractivity contribution in [1.82, 2.24) is 9.88 Å². The van der Waals surface area contributed by atoms with E-state index in [0.717, 1.165) is 25.1 Å². The van der Waals surface area contributed by atoms with E-state index in [1.807, 2.05) is 0 Å². The third kappa shape index (κ3) is 2.82. The molecule has 0 saturated carbocycles. The number of aliphatic hydroxyl groups is 1. The fourth-order valence-corrected chi connectivity index (χ4v) is 2.17. The standard InChI is InChI=1S/C10H12Cl2N2O/c11-9-3-10(12)13-4-7(9)5-14-2-1-8(15)6-14/h3-4,8,15H,1-2,5-6H2/t8-/m1/s1. The Kier molecular flexibility index (Phi) is 3.46. The normalized spacial score (nSPS) is 22.2. The number of hydrogen-bond donors (Lipinski definition) is 1. The lowest BCUT2D eigenvalue weighted by atomic mass is 10.2. The summed E-state index contributed by atoms with van der Waals surface area (Å²) >= 11 is 11.7. The zero-order valence-corrected chi connectivity index (χ0v) is 9.67. The monoisotopic (exact) mass is 246 g/mol. The van der Waals surface area contributed by atoms with Gasteiger partial charge < -0.3 is 5.11 Å². The van der Waals surface area contributed by atoms with E-state index in [9.17, 15) is 5.11 Å². The molecule has 2 rings (SSSR count). The molecule has 2 heterocycles. The molecule has 0 bridgehead atoms. The molecule has 0 unspecified atom stereocenters. The summed E-state index contributed by atoms with van der Waals surface area (Å²) in [6, 6.07) is 1.64. The van der Waals surface area contributed by atoms with Gasteiger partial charge in [-0.25, -0.2) is 4.98 Å². The minimum Gasteiger partial charge on any atom is -0.392 e. The largest absolute Gasteiger partial charge is 0.392 e. The maximum absolute atomic E-state index is 9.38. The maximum atomic E-state index is 9.38. The molecule has 1 saturated heterocycles. The summed E-state index contributed by atoms with van der Waals surface area (Å²) in [6.45, 7) is 2.33. The Morgan fingerprint density at radius 2 is 2.33 bits per heavy atom. The number of hydrogen-bond acceptors (Lipinski definition) is 3. The molecule has 1 aliphatic heterocycles. The van der Waals surface area contributed by atoms with Gasteiger partial charge in [0.05, 0.1) is 6.10 Å². The fraction of sp³-hybridized carbons (Fsp3) is 0.500. The van der Waals surface area contributed by atoms with Crippen molar-refractivity contribution in [2.75, 3.05) is 13.1 Å². The van der Waals surface area contributed by atoms with Crippen molar-refractivity contribution < 1.29 is 5.11 Å². The molecule has 1 aromatic rings. The van der Waals surface area contributed by atoms with E-state index < -0.39 is 0 Å². The molecule has 0 spiro atoms. The topological polar surface area (TPSA) is 36.4 Å². The van der Waals surface area contributed by atoms with E-state index in [4.69, 9.17) is 23.2 Å². The zero-order valence-electron chi connectivity index (χ0n) is 8.16. The Labute approximate surface area is 98.6 Å². The third-order valence-electron chi connectivity index (χ3n) is 2.54. The summed E-state index contributed by atoms with van der Waals surface area (Å²) in [5.74, 6) is 0. The Bertz CT molecular complexity index is 359. The number of aliphatic hydroxyl groups excluding tert-OH is 1. The van der Waals surface area contributed by atoms with Crippen molar-refractivity contribution in [3.05, 3.63) is 28.0 Å². The third-order valence-corrected chi connectivity index (χ3v) is 3.10. The Hall–Kier alpha value is -0.350. The van der Waals surface area contributed by atoms with Gasteiger partial charge in [0.1, 0.15) is 5.15 Å². The van der Waals surface area contributed by atoms with Crippen LogP contribution in [0.15, 0.2) is 12.3 Å². The van der Waals surface area contributed by atoms with Crippen LogP contribution in [-0.4, -0.2) is 34.2 Å². The number of rotatable bonds is 2. The first-order valence-corrected chi connectivity index (χ1v) is 5.61. The molecule has 5 heteroatoms.